The van der Waals surface area contributed by atoms with E-state index in [9.17, 15) is 0 Å². The average Bonchev–Trinajstić information content (AvgIpc) is 3.83. The first-order valence-electron chi connectivity index (χ1n) is 18.7. The summed E-state index contributed by atoms with van der Waals surface area (Å²) in [5.41, 5.74) is 12.2. The largest absolute Gasteiger partial charge is 0.455 e. The topological polar surface area (TPSA) is 16.4 Å². The minimum absolute atomic E-state index is 0.907. The molecule has 0 atom stereocenters. The van der Waals surface area contributed by atoms with Crippen LogP contribution in [-0.2, 0) is 0 Å². The smallest absolute Gasteiger partial charge is 0.143 e. The summed E-state index contributed by atoms with van der Waals surface area (Å²) < 4.78 is 9.01. The van der Waals surface area contributed by atoms with Gasteiger partial charge < -0.3 is 9.32 Å². The minimum Gasteiger partial charge on any atom is -0.455 e. The van der Waals surface area contributed by atoms with Crippen LogP contribution >= 0.6 is 11.3 Å². The van der Waals surface area contributed by atoms with Gasteiger partial charge in [0.15, 0.2) is 0 Å². The van der Waals surface area contributed by atoms with Crippen LogP contribution in [0.25, 0.3) is 86.3 Å². The van der Waals surface area contributed by atoms with Crippen molar-refractivity contribution in [3.8, 4) is 33.4 Å². The van der Waals surface area contributed by atoms with Crippen LogP contribution in [0, 0.1) is 0 Å². The van der Waals surface area contributed by atoms with Crippen LogP contribution in [-0.4, -0.2) is 0 Å². The van der Waals surface area contributed by atoms with Gasteiger partial charge in [-0.3, -0.25) is 0 Å². The van der Waals surface area contributed by atoms with Crippen LogP contribution < -0.4 is 4.90 Å². The molecule has 2 heterocycles. The van der Waals surface area contributed by atoms with E-state index in [1.165, 1.54) is 58.9 Å². The van der Waals surface area contributed by atoms with Crippen LogP contribution in [0.1, 0.15) is 0 Å². The molecule has 0 radical (unpaired) electrons. The number of anilines is 3. The van der Waals surface area contributed by atoms with Gasteiger partial charge in [-0.25, -0.2) is 0 Å². The van der Waals surface area contributed by atoms with Gasteiger partial charge in [0.1, 0.15) is 11.2 Å². The van der Waals surface area contributed by atoms with Gasteiger partial charge >= 0.3 is 0 Å². The number of fused-ring (bicyclic) bond motifs is 7. The van der Waals surface area contributed by atoms with Gasteiger partial charge in [0.25, 0.3) is 0 Å². The van der Waals surface area contributed by atoms with E-state index in [0.29, 0.717) is 0 Å². The molecule has 0 saturated carbocycles. The Morgan fingerprint density at radius 1 is 0.382 bits per heavy atom. The molecular weight excluding hydrogens is 687 g/mol. The first-order valence-corrected chi connectivity index (χ1v) is 19.5. The highest BCUT2D eigenvalue weighted by molar-refractivity contribution is 7.26. The van der Waals surface area contributed by atoms with Crippen molar-refractivity contribution in [2.45, 2.75) is 0 Å². The Morgan fingerprint density at radius 3 is 1.85 bits per heavy atom. The standard InChI is InChI=1S/C52H33NOS/c1-3-12-34(13-4-1)37-22-23-39-33-41(29-26-38(39)32-37)53(40-27-24-36(25-28-40)43-18-11-19-46-44-16-7-9-20-48(44)54-51(43)46)50-42(35-14-5-2-6-15-35)30-31-47-45-17-8-10-21-49(45)55-52(47)50/h1-33H. The van der Waals surface area contributed by atoms with Crippen LogP contribution in [0.15, 0.2) is 205 Å². The molecule has 11 aromatic rings. The fourth-order valence-corrected chi connectivity index (χ4v) is 9.44. The Morgan fingerprint density at radius 2 is 1.02 bits per heavy atom. The molecule has 0 spiro atoms. The molecule has 2 nitrogen and oxygen atoms in total. The van der Waals surface area contributed by atoms with Crippen molar-refractivity contribution in [3.05, 3.63) is 200 Å². The lowest BCUT2D eigenvalue weighted by molar-refractivity contribution is 0.670. The van der Waals surface area contributed by atoms with Gasteiger partial charge in [0, 0.05) is 48.7 Å². The summed E-state index contributed by atoms with van der Waals surface area (Å²) in [5, 5.41) is 7.22. The van der Waals surface area contributed by atoms with Crippen molar-refractivity contribution in [3.63, 3.8) is 0 Å². The highest BCUT2D eigenvalue weighted by Gasteiger charge is 2.23. The molecule has 0 fully saturated rings. The van der Waals surface area contributed by atoms with Crippen molar-refractivity contribution < 1.29 is 4.42 Å². The molecular formula is C52H33NOS. The number of hydrogen-bond donors (Lipinski definition) is 0. The first-order chi connectivity index (χ1) is 27.3. The SMILES string of the molecule is c1ccc(-c2ccc3cc(N(c4ccc(-c5cccc6c5oc5ccccc56)cc4)c4c(-c5ccccc5)ccc5c4sc4ccccc45)ccc3c2)cc1. The number of rotatable bonds is 6. The van der Waals surface area contributed by atoms with Crippen LogP contribution in [0.5, 0.6) is 0 Å². The van der Waals surface area contributed by atoms with E-state index in [-0.39, 0.29) is 0 Å². The maximum atomic E-state index is 6.46. The number of thiophene rings is 1. The third-order valence-electron chi connectivity index (χ3n) is 10.9. The predicted molar refractivity (Wildman–Crippen MR) is 235 cm³/mol. The minimum atomic E-state index is 0.907. The molecule has 0 unspecified atom stereocenters. The molecule has 55 heavy (non-hydrogen) atoms. The molecule has 0 amide bonds. The van der Waals surface area contributed by atoms with Gasteiger partial charge in [-0.15, -0.1) is 11.3 Å². The van der Waals surface area contributed by atoms with Crippen molar-refractivity contribution >= 4 is 81.3 Å². The van der Waals surface area contributed by atoms with Crippen LogP contribution in [0.4, 0.5) is 17.1 Å². The predicted octanol–water partition coefficient (Wildman–Crippen LogP) is 15.6. The van der Waals surface area contributed by atoms with Crippen LogP contribution in [0.2, 0.25) is 0 Å². The number of para-hydroxylation sites is 2. The molecule has 11 rings (SSSR count). The summed E-state index contributed by atoms with van der Waals surface area (Å²) >= 11 is 1.87. The fraction of sp³-hybridized carbons (Fsp3) is 0. The van der Waals surface area contributed by atoms with Crippen molar-refractivity contribution in [1.29, 1.82) is 0 Å². The molecule has 0 aliphatic rings. The van der Waals surface area contributed by atoms with Crippen LogP contribution in [0.3, 0.4) is 0 Å². The third kappa shape index (κ3) is 5.32. The lowest BCUT2D eigenvalue weighted by Crippen LogP contribution is -2.11. The van der Waals surface area contributed by atoms with E-state index >= 15 is 0 Å². The molecule has 0 saturated heterocycles. The molecule has 9 aromatic carbocycles. The summed E-state index contributed by atoms with van der Waals surface area (Å²) in [4.78, 5) is 2.47. The maximum Gasteiger partial charge on any atom is 0.143 e. The molecule has 0 aliphatic heterocycles. The highest BCUT2D eigenvalue weighted by atomic mass is 32.1. The molecule has 0 bridgehead atoms. The Labute approximate surface area is 322 Å². The summed E-state index contributed by atoms with van der Waals surface area (Å²) in [6.45, 7) is 0. The molecule has 2 aromatic heterocycles. The highest BCUT2D eigenvalue weighted by Crippen LogP contribution is 2.50. The molecule has 3 heteroatoms. The van der Waals surface area contributed by atoms with Crippen molar-refractivity contribution in [1.82, 2.24) is 0 Å². The molecule has 0 aliphatic carbocycles. The van der Waals surface area contributed by atoms with E-state index in [2.05, 4.69) is 193 Å². The molecule has 0 N–H and O–H groups in total. The van der Waals surface area contributed by atoms with E-state index in [1.807, 2.05) is 23.5 Å². The van der Waals surface area contributed by atoms with E-state index in [0.717, 1.165) is 44.4 Å². The monoisotopic (exact) mass is 719 g/mol. The van der Waals surface area contributed by atoms with Gasteiger partial charge in [-0.05, 0) is 75.5 Å². The summed E-state index contributed by atoms with van der Waals surface area (Å²) in [5.74, 6) is 0. The lowest BCUT2D eigenvalue weighted by Gasteiger charge is -2.29. The van der Waals surface area contributed by atoms with E-state index < -0.39 is 0 Å². The Kier molecular flexibility index (Phi) is 7.39. The third-order valence-corrected chi connectivity index (χ3v) is 12.1. The zero-order valence-corrected chi connectivity index (χ0v) is 30.6. The lowest BCUT2D eigenvalue weighted by atomic mass is 9.97. The van der Waals surface area contributed by atoms with Gasteiger partial charge in [0.05, 0.1) is 10.4 Å². The van der Waals surface area contributed by atoms with Gasteiger partial charge in [-0.1, -0.05) is 158 Å². The Balaban J connectivity index is 1.14. The van der Waals surface area contributed by atoms with Gasteiger partial charge in [-0.2, -0.15) is 0 Å². The second-order valence-electron chi connectivity index (χ2n) is 14.1. The number of hydrogen-bond acceptors (Lipinski definition) is 3. The second kappa shape index (κ2) is 12.9. The maximum absolute atomic E-state index is 6.46. The second-order valence-corrected chi connectivity index (χ2v) is 15.1. The Hall–Kier alpha value is -6.94. The van der Waals surface area contributed by atoms with E-state index in [4.69, 9.17) is 4.42 Å². The first kappa shape index (κ1) is 31.6. The zero-order valence-electron chi connectivity index (χ0n) is 29.8. The molecule has 258 valence electrons. The number of benzene rings is 9. The fourth-order valence-electron chi connectivity index (χ4n) is 8.20. The van der Waals surface area contributed by atoms with Crippen molar-refractivity contribution in [2.24, 2.45) is 0 Å². The van der Waals surface area contributed by atoms with Crippen molar-refractivity contribution in [2.75, 3.05) is 4.90 Å². The summed E-state index contributed by atoms with van der Waals surface area (Å²) in [6, 6.07) is 72.2. The quantitative estimate of drug-likeness (QED) is 0.170. The average molecular weight is 720 g/mol. The summed E-state index contributed by atoms with van der Waals surface area (Å²) in [7, 11) is 0. The number of furan rings is 1. The normalized spacial score (nSPS) is 11.6. The zero-order chi connectivity index (χ0) is 36.3. The number of nitrogens with zero attached hydrogens (tertiary/aromatic N) is 1. The Bertz CT molecular complexity index is 3190. The van der Waals surface area contributed by atoms with E-state index in [1.54, 1.807) is 0 Å². The summed E-state index contributed by atoms with van der Waals surface area (Å²) in [6.07, 6.45) is 0. The van der Waals surface area contributed by atoms with Gasteiger partial charge in [0.2, 0.25) is 0 Å².